The first-order chi connectivity index (χ1) is 10.1. The van der Waals surface area contributed by atoms with Crippen LogP contribution in [0.1, 0.15) is 10.4 Å². The minimum atomic E-state index is -0.302. The Morgan fingerprint density at radius 2 is 1.95 bits per heavy atom. The molecule has 0 atom stereocenters. The van der Waals surface area contributed by atoms with Gasteiger partial charge in [-0.3, -0.25) is 14.5 Å². The second kappa shape index (κ2) is 5.50. The number of carbonyl (C=O) groups excluding carboxylic acids is 2. The lowest BCUT2D eigenvalue weighted by Gasteiger charge is -2.29. The van der Waals surface area contributed by atoms with E-state index < -0.39 is 0 Å². The van der Waals surface area contributed by atoms with Crippen LogP contribution in [0.25, 0.3) is 0 Å². The van der Waals surface area contributed by atoms with E-state index in [4.69, 9.17) is 11.6 Å². The quantitative estimate of drug-likeness (QED) is 0.837. The molecule has 0 saturated heterocycles. The van der Waals surface area contributed by atoms with Crippen LogP contribution >= 0.6 is 27.5 Å². The third-order valence-corrected chi connectivity index (χ3v) is 4.49. The van der Waals surface area contributed by atoms with Gasteiger partial charge in [-0.15, -0.1) is 0 Å². The first-order valence-electron chi connectivity index (χ1n) is 6.22. The molecule has 1 aliphatic rings. The van der Waals surface area contributed by atoms with E-state index in [9.17, 15) is 9.59 Å². The van der Waals surface area contributed by atoms with Gasteiger partial charge in [0.05, 0.1) is 22.0 Å². The number of nitrogens with one attached hydrogen (secondary N) is 1. The summed E-state index contributed by atoms with van der Waals surface area (Å²) in [6.07, 6.45) is 0. The van der Waals surface area contributed by atoms with Crippen LogP contribution in [0.2, 0.25) is 5.02 Å². The summed E-state index contributed by atoms with van der Waals surface area (Å²) in [5, 5.41) is 3.09. The van der Waals surface area contributed by atoms with Crippen molar-refractivity contribution >= 4 is 50.7 Å². The minimum Gasteiger partial charge on any atom is -0.323 e. The zero-order valence-corrected chi connectivity index (χ0v) is 13.1. The molecule has 2 aromatic rings. The molecule has 3 rings (SSSR count). The molecule has 0 aromatic heterocycles. The zero-order valence-electron chi connectivity index (χ0n) is 10.8. The summed E-state index contributed by atoms with van der Waals surface area (Å²) in [5.74, 6) is -0.531. The standard InChI is InChI=1S/C15H10BrClN2O2/c16-10-5-3-4-9(14(10)17)15(21)19-8-13(20)18-11-6-1-2-7-12(11)19/h1-7H,8H2,(H,18,20). The summed E-state index contributed by atoms with van der Waals surface area (Å²) in [7, 11) is 0. The van der Waals surface area contributed by atoms with Gasteiger partial charge in [0, 0.05) is 4.47 Å². The van der Waals surface area contributed by atoms with E-state index in [1.807, 2.05) is 6.07 Å². The molecule has 2 aromatic carbocycles. The number of amides is 2. The molecule has 0 saturated carbocycles. The molecule has 1 N–H and O–H groups in total. The Hall–Kier alpha value is -1.85. The first-order valence-corrected chi connectivity index (χ1v) is 7.40. The number of anilines is 2. The predicted molar refractivity (Wildman–Crippen MR) is 85.9 cm³/mol. The largest absolute Gasteiger partial charge is 0.323 e. The van der Waals surface area contributed by atoms with Crippen molar-refractivity contribution in [1.82, 2.24) is 0 Å². The first kappa shape index (κ1) is 14.1. The third kappa shape index (κ3) is 2.54. The fraction of sp³-hybridized carbons (Fsp3) is 0.0667. The van der Waals surface area contributed by atoms with E-state index in [0.717, 1.165) is 0 Å². The minimum absolute atomic E-state index is 0.0291. The normalized spacial score (nSPS) is 13.6. The number of carbonyl (C=O) groups is 2. The predicted octanol–water partition coefficient (Wildman–Crippen LogP) is 3.70. The molecule has 0 radical (unpaired) electrons. The Kier molecular flexibility index (Phi) is 3.69. The van der Waals surface area contributed by atoms with Crippen molar-refractivity contribution in [3.05, 3.63) is 57.5 Å². The van der Waals surface area contributed by atoms with E-state index in [1.54, 1.807) is 36.4 Å². The zero-order chi connectivity index (χ0) is 15.0. The van der Waals surface area contributed by atoms with Gasteiger partial charge >= 0.3 is 0 Å². The lowest BCUT2D eigenvalue weighted by molar-refractivity contribution is -0.115. The van der Waals surface area contributed by atoms with Crippen molar-refractivity contribution in [2.24, 2.45) is 0 Å². The topological polar surface area (TPSA) is 49.4 Å². The van der Waals surface area contributed by atoms with E-state index in [2.05, 4.69) is 21.2 Å². The summed E-state index contributed by atoms with van der Waals surface area (Å²) in [5.41, 5.74) is 1.64. The third-order valence-electron chi connectivity index (χ3n) is 3.20. The average molecular weight is 366 g/mol. The fourth-order valence-corrected chi connectivity index (χ4v) is 2.80. The SMILES string of the molecule is O=C1CN(C(=O)c2cccc(Br)c2Cl)c2ccccc2N1. The van der Waals surface area contributed by atoms with Crippen LogP contribution in [-0.4, -0.2) is 18.4 Å². The van der Waals surface area contributed by atoms with Gasteiger partial charge in [-0.1, -0.05) is 29.8 Å². The molecule has 0 unspecified atom stereocenters. The molecular formula is C15H10BrClN2O2. The maximum atomic E-state index is 12.7. The number of nitrogens with zero attached hydrogens (tertiary/aromatic N) is 1. The monoisotopic (exact) mass is 364 g/mol. The average Bonchev–Trinajstić information content (AvgIpc) is 2.48. The molecule has 0 bridgehead atoms. The highest BCUT2D eigenvalue weighted by Crippen LogP contribution is 2.33. The number of para-hydroxylation sites is 2. The van der Waals surface area contributed by atoms with E-state index in [0.29, 0.717) is 26.4 Å². The molecule has 21 heavy (non-hydrogen) atoms. The Morgan fingerprint density at radius 3 is 2.76 bits per heavy atom. The van der Waals surface area contributed by atoms with Crippen LogP contribution in [0.5, 0.6) is 0 Å². The van der Waals surface area contributed by atoms with Crippen LogP contribution in [0.15, 0.2) is 46.9 Å². The van der Waals surface area contributed by atoms with Crippen molar-refractivity contribution < 1.29 is 9.59 Å². The summed E-state index contributed by atoms with van der Waals surface area (Å²) >= 11 is 9.48. The molecular weight excluding hydrogens is 356 g/mol. The molecule has 6 heteroatoms. The van der Waals surface area contributed by atoms with Crippen LogP contribution in [0, 0.1) is 0 Å². The molecule has 0 aliphatic carbocycles. The highest BCUT2D eigenvalue weighted by atomic mass is 79.9. The lowest BCUT2D eigenvalue weighted by Crippen LogP contribution is -2.42. The Labute approximate surface area is 134 Å². The van der Waals surface area contributed by atoms with Crippen LogP contribution in [-0.2, 0) is 4.79 Å². The molecule has 0 spiro atoms. The Morgan fingerprint density at radius 1 is 1.19 bits per heavy atom. The van der Waals surface area contributed by atoms with Crippen molar-refractivity contribution in [2.75, 3.05) is 16.8 Å². The summed E-state index contributed by atoms with van der Waals surface area (Å²) in [6, 6.07) is 12.3. The van der Waals surface area contributed by atoms with E-state index in [-0.39, 0.29) is 18.4 Å². The number of benzene rings is 2. The second-order valence-corrected chi connectivity index (χ2v) is 5.79. The number of fused-ring (bicyclic) bond motifs is 1. The smallest absolute Gasteiger partial charge is 0.260 e. The van der Waals surface area contributed by atoms with Gasteiger partial charge in [-0.2, -0.15) is 0 Å². The Balaban J connectivity index is 2.06. The number of hydrogen-bond donors (Lipinski definition) is 1. The lowest BCUT2D eigenvalue weighted by atomic mass is 10.1. The van der Waals surface area contributed by atoms with E-state index >= 15 is 0 Å². The van der Waals surface area contributed by atoms with Gasteiger partial charge in [0.15, 0.2) is 0 Å². The maximum Gasteiger partial charge on any atom is 0.260 e. The van der Waals surface area contributed by atoms with Crippen LogP contribution < -0.4 is 10.2 Å². The summed E-state index contributed by atoms with van der Waals surface area (Å²) < 4.78 is 0.643. The molecule has 1 aliphatic heterocycles. The maximum absolute atomic E-state index is 12.7. The van der Waals surface area contributed by atoms with Crippen molar-refractivity contribution in [3.8, 4) is 0 Å². The Bertz CT molecular complexity index is 748. The number of rotatable bonds is 1. The summed E-state index contributed by atoms with van der Waals surface area (Å²) in [6.45, 7) is -0.0291. The van der Waals surface area contributed by atoms with Crippen molar-refractivity contribution in [3.63, 3.8) is 0 Å². The highest BCUT2D eigenvalue weighted by Gasteiger charge is 2.28. The number of hydrogen-bond acceptors (Lipinski definition) is 2. The summed E-state index contributed by atoms with van der Waals surface area (Å²) in [4.78, 5) is 25.9. The van der Waals surface area contributed by atoms with Crippen molar-refractivity contribution in [2.45, 2.75) is 0 Å². The molecule has 4 nitrogen and oxygen atoms in total. The molecule has 1 heterocycles. The second-order valence-electron chi connectivity index (χ2n) is 4.56. The molecule has 106 valence electrons. The van der Waals surface area contributed by atoms with Crippen LogP contribution in [0.3, 0.4) is 0 Å². The van der Waals surface area contributed by atoms with E-state index in [1.165, 1.54) is 4.90 Å². The fourth-order valence-electron chi connectivity index (χ4n) is 2.23. The van der Waals surface area contributed by atoms with Crippen molar-refractivity contribution in [1.29, 1.82) is 0 Å². The highest BCUT2D eigenvalue weighted by molar-refractivity contribution is 9.10. The van der Waals surface area contributed by atoms with Gasteiger partial charge in [-0.25, -0.2) is 0 Å². The van der Waals surface area contributed by atoms with Gasteiger partial charge in [-0.05, 0) is 40.2 Å². The molecule has 2 amide bonds. The van der Waals surface area contributed by atoms with Crippen LogP contribution in [0.4, 0.5) is 11.4 Å². The van der Waals surface area contributed by atoms with Gasteiger partial charge in [0.25, 0.3) is 5.91 Å². The van der Waals surface area contributed by atoms with Gasteiger partial charge in [0.1, 0.15) is 6.54 Å². The van der Waals surface area contributed by atoms with Gasteiger partial charge < -0.3 is 5.32 Å². The number of halogens is 2. The molecule has 0 fully saturated rings. The van der Waals surface area contributed by atoms with Gasteiger partial charge in [0.2, 0.25) is 5.91 Å².